The molecule has 2 N–H and O–H groups in total. The van der Waals surface area contributed by atoms with Gasteiger partial charge in [-0.1, -0.05) is 42.6 Å². The maximum Gasteiger partial charge on any atom is 0.240 e. The molecule has 1 aromatic heterocycles. The van der Waals surface area contributed by atoms with Gasteiger partial charge in [0.2, 0.25) is 15.9 Å². The first-order valence-corrected chi connectivity index (χ1v) is 12.0. The lowest BCUT2D eigenvalue weighted by atomic mass is 9.96. The zero-order valence-electron chi connectivity index (χ0n) is 17.1. The Kier molecular flexibility index (Phi) is 6.06. The van der Waals surface area contributed by atoms with Crippen LogP contribution in [0.4, 0.5) is 5.69 Å². The van der Waals surface area contributed by atoms with Crippen molar-refractivity contribution in [2.24, 2.45) is 5.92 Å². The van der Waals surface area contributed by atoms with E-state index in [4.69, 9.17) is 4.52 Å². The summed E-state index contributed by atoms with van der Waals surface area (Å²) in [5.41, 5.74) is 2.03. The van der Waals surface area contributed by atoms with Gasteiger partial charge in [0.15, 0.2) is 5.76 Å². The molecule has 1 amide bonds. The summed E-state index contributed by atoms with van der Waals surface area (Å²) in [6.07, 6.45) is 10.5. The van der Waals surface area contributed by atoms with Gasteiger partial charge in [0.05, 0.1) is 4.90 Å². The minimum absolute atomic E-state index is 0.00373. The van der Waals surface area contributed by atoms with Gasteiger partial charge in [-0.25, -0.2) is 13.1 Å². The van der Waals surface area contributed by atoms with Crippen LogP contribution in [-0.4, -0.2) is 25.5 Å². The number of aromatic nitrogens is 1. The van der Waals surface area contributed by atoms with Crippen LogP contribution in [0.15, 0.2) is 33.7 Å². The first-order valence-electron chi connectivity index (χ1n) is 10.5. The van der Waals surface area contributed by atoms with Gasteiger partial charge < -0.3 is 9.84 Å². The molecule has 0 aliphatic heterocycles. The summed E-state index contributed by atoms with van der Waals surface area (Å²) in [7, 11) is -3.51. The highest BCUT2D eigenvalue weighted by Gasteiger charge is 2.30. The van der Waals surface area contributed by atoms with E-state index in [1.807, 2.05) is 0 Å². The van der Waals surface area contributed by atoms with Gasteiger partial charge in [-0.05, 0) is 56.4 Å². The smallest absolute Gasteiger partial charge is 0.240 e. The molecule has 0 radical (unpaired) electrons. The quantitative estimate of drug-likeness (QED) is 0.690. The minimum Gasteiger partial charge on any atom is -0.354 e. The van der Waals surface area contributed by atoms with E-state index in [-0.39, 0.29) is 22.8 Å². The molecule has 1 aromatic carbocycles. The third-order valence-corrected chi connectivity index (χ3v) is 7.17. The number of nitrogens with zero attached hydrogens (tertiary/aromatic N) is 1. The first kappa shape index (κ1) is 20.8. The van der Waals surface area contributed by atoms with Gasteiger partial charge in [-0.3, -0.25) is 4.79 Å². The van der Waals surface area contributed by atoms with E-state index in [2.05, 4.69) is 15.2 Å². The lowest BCUT2D eigenvalue weighted by Gasteiger charge is -2.22. The fourth-order valence-corrected chi connectivity index (χ4v) is 4.97. The molecule has 0 spiro atoms. The second kappa shape index (κ2) is 8.73. The molecule has 8 heteroatoms. The van der Waals surface area contributed by atoms with Crippen LogP contribution >= 0.6 is 0 Å². The van der Waals surface area contributed by atoms with Crippen LogP contribution in [0.25, 0.3) is 12.2 Å². The SMILES string of the molecule is Cc1noc(C=Cc2ccc(S(=O)(=O)NC3CCCCC3)cc2)c1NC(=O)C1CC1. The van der Waals surface area contributed by atoms with Crippen molar-refractivity contribution in [2.75, 3.05) is 5.32 Å². The van der Waals surface area contributed by atoms with Crippen molar-refractivity contribution >= 4 is 33.8 Å². The number of benzene rings is 1. The predicted octanol–water partition coefficient (Wildman–Crippen LogP) is 4.11. The van der Waals surface area contributed by atoms with Crippen LogP contribution < -0.4 is 10.0 Å². The number of carbonyl (C=O) groups excluding carboxylic acids is 1. The molecule has 0 saturated heterocycles. The second-order valence-electron chi connectivity index (χ2n) is 8.13. The second-order valence-corrected chi connectivity index (χ2v) is 9.84. The van der Waals surface area contributed by atoms with Gasteiger partial charge >= 0.3 is 0 Å². The van der Waals surface area contributed by atoms with E-state index in [9.17, 15) is 13.2 Å². The first-order chi connectivity index (χ1) is 14.4. The molecule has 0 atom stereocenters. The lowest BCUT2D eigenvalue weighted by Crippen LogP contribution is -2.36. The molecular weight excluding hydrogens is 402 g/mol. The average molecular weight is 430 g/mol. The van der Waals surface area contributed by atoms with Crippen LogP contribution in [0.1, 0.15) is 62.0 Å². The highest BCUT2D eigenvalue weighted by Crippen LogP contribution is 2.32. The fraction of sp³-hybridized carbons (Fsp3) is 0.455. The van der Waals surface area contributed by atoms with E-state index >= 15 is 0 Å². The zero-order chi connectivity index (χ0) is 21.1. The summed E-state index contributed by atoms with van der Waals surface area (Å²) in [5, 5.41) is 6.83. The monoisotopic (exact) mass is 429 g/mol. The summed E-state index contributed by atoms with van der Waals surface area (Å²) in [4.78, 5) is 12.3. The molecule has 30 heavy (non-hydrogen) atoms. The van der Waals surface area contributed by atoms with Crippen molar-refractivity contribution in [3.05, 3.63) is 41.3 Å². The predicted molar refractivity (Wildman–Crippen MR) is 115 cm³/mol. The van der Waals surface area contributed by atoms with E-state index in [1.54, 1.807) is 43.3 Å². The Morgan fingerprint density at radius 1 is 1.07 bits per heavy atom. The third kappa shape index (κ3) is 4.99. The standard InChI is InChI=1S/C22H27N3O4S/c1-15-21(23-22(26)17-10-11-17)20(29-24-15)14-9-16-7-12-19(13-8-16)30(27,28)25-18-5-3-2-4-6-18/h7-9,12-14,17-18,25H,2-6,10-11H2,1H3,(H,23,26). The molecule has 0 bridgehead atoms. The van der Waals surface area contributed by atoms with E-state index in [1.165, 1.54) is 6.42 Å². The van der Waals surface area contributed by atoms with E-state index in [0.717, 1.165) is 44.1 Å². The minimum atomic E-state index is -3.51. The van der Waals surface area contributed by atoms with Crippen LogP contribution in [0.3, 0.4) is 0 Å². The number of amides is 1. The Labute approximate surface area is 177 Å². The number of aryl methyl sites for hydroxylation is 1. The van der Waals surface area contributed by atoms with Gasteiger partial charge in [0.25, 0.3) is 0 Å². The van der Waals surface area contributed by atoms with Gasteiger partial charge in [-0.2, -0.15) is 0 Å². The molecular formula is C22H27N3O4S. The number of nitrogens with one attached hydrogen (secondary N) is 2. The van der Waals surface area contributed by atoms with Gasteiger partial charge in [-0.15, -0.1) is 0 Å². The molecule has 4 rings (SSSR count). The van der Waals surface area contributed by atoms with Crippen molar-refractivity contribution in [1.29, 1.82) is 0 Å². The number of anilines is 1. The molecule has 0 unspecified atom stereocenters. The Balaban J connectivity index is 1.43. The summed E-state index contributed by atoms with van der Waals surface area (Å²) >= 11 is 0. The molecule has 2 aliphatic rings. The highest BCUT2D eigenvalue weighted by molar-refractivity contribution is 7.89. The average Bonchev–Trinajstić information content (AvgIpc) is 3.53. The molecule has 2 aliphatic carbocycles. The number of sulfonamides is 1. The molecule has 2 fully saturated rings. The number of hydrogen-bond donors (Lipinski definition) is 2. The lowest BCUT2D eigenvalue weighted by molar-refractivity contribution is -0.117. The maximum absolute atomic E-state index is 12.6. The van der Waals surface area contributed by atoms with Crippen molar-refractivity contribution in [3.63, 3.8) is 0 Å². The summed E-state index contributed by atoms with van der Waals surface area (Å²) in [6, 6.07) is 6.73. The van der Waals surface area contributed by atoms with Crippen molar-refractivity contribution in [1.82, 2.24) is 9.88 Å². The fourth-order valence-electron chi connectivity index (χ4n) is 3.66. The van der Waals surface area contributed by atoms with Crippen LogP contribution in [0.2, 0.25) is 0 Å². The maximum atomic E-state index is 12.6. The Hall–Kier alpha value is -2.45. The number of hydrogen-bond acceptors (Lipinski definition) is 5. The molecule has 2 aromatic rings. The molecule has 160 valence electrons. The highest BCUT2D eigenvalue weighted by atomic mass is 32.2. The van der Waals surface area contributed by atoms with E-state index in [0.29, 0.717) is 17.1 Å². The van der Waals surface area contributed by atoms with Crippen molar-refractivity contribution < 1.29 is 17.7 Å². The van der Waals surface area contributed by atoms with E-state index < -0.39 is 10.0 Å². The van der Waals surface area contributed by atoms with Gasteiger partial charge in [0, 0.05) is 12.0 Å². The van der Waals surface area contributed by atoms with Crippen molar-refractivity contribution in [2.45, 2.75) is 62.8 Å². The zero-order valence-corrected chi connectivity index (χ0v) is 17.9. The molecule has 7 nitrogen and oxygen atoms in total. The molecule has 2 saturated carbocycles. The largest absolute Gasteiger partial charge is 0.354 e. The summed E-state index contributed by atoms with van der Waals surface area (Å²) in [6.45, 7) is 1.78. The normalized spacial score (nSPS) is 18.0. The summed E-state index contributed by atoms with van der Waals surface area (Å²) in [5.74, 6) is 0.556. The number of carbonyl (C=O) groups is 1. The number of rotatable bonds is 7. The van der Waals surface area contributed by atoms with Gasteiger partial charge in [0.1, 0.15) is 11.4 Å². The van der Waals surface area contributed by atoms with Crippen LogP contribution in [0.5, 0.6) is 0 Å². The molecule has 1 heterocycles. The third-order valence-electron chi connectivity index (χ3n) is 5.63. The van der Waals surface area contributed by atoms with Crippen LogP contribution in [0, 0.1) is 12.8 Å². The van der Waals surface area contributed by atoms with Crippen molar-refractivity contribution in [3.8, 4) is 0 Å². The Bertz CT molecular complexity index is 1030. The Morgan fingerprint density at radius 3 is 2.43 bits per heavy atom. The Morgan fingerprint density at radius 2 is 1.77 bits per heavy atom. The topological polar surface area (TPSA) is 101 Å². The van der Waals surface area contributed by atoms with Crippen LogP contribution in [-0.2, 0) is 14.8 Å². The summed E-state index contributed by atoms with van der Waals surface area (Å²) < 4.78 is 33.4.